The van der Waals surface area contributed by atoms with Gasteiger partial charge in [0.1, 0.15) is 5.01 Å². The Morgan fingerprint density at radius 2 is 1.85 bits per heavy atom. The summed E-state index contributed by atoms with van der Waals surface area (Å²) in [5.74, 6) is -0.979. The number of amides is 2. The Hall–Kier alpha value is -2.48. The second-order valence-corrected chi connectivity index (χ2v) is 5.10. The first kappa shape index (κ1) is 13.9. The first-order valence-electron chi connectivity index (χ1n) is 5.63. The Morgan fingerprint density at radius 3 is 2.40 bits per heavy atom. The normalized spacial score (nSPS) is 10.1. The summed E-state index contributed by atoms with van der Waals surface area (Å²) in [4.78, 5) is 23.6. The highest BCUT2D eigenvalue weighted by atomic mass is 32.1. The number of carboxylic acids is 1. The first-order chi connectivity index (χ1) is 9.47. The maximum absolute atomic E-state index is 11.5. The molecule has 0 aliphatic rings. The first-order valence-corrected chi connectivity index (χ1v) is 6.44. The van der Waals surface area contributed by atoms with Crippen molar-refractivity contribution < 1.29 is 14.7 Å². The summed E-state index contributed by atoms with van der Waals surface area (Å²) in [5, 5.41) is 20.2. The Morgan fingerprint density at radius 1 is 1.20 bits per heavy atom. The van der Waals surface area contributed by atoms with Gasteiger partial charge < -0.3 is 10.0 Å². The zero-order chi connectivity index (χ0) is 14.7. The number of benzene rings is 1. The van der Waals surface area contributed by atoms with Gasteiger partial charge in [0.05, 0.1) is 5.56 Å². The Labute approximate surface area is 118 Å². The minimum absolute atomic E-state index is 0.208. The molecule has 0 saturated heterocycles. The Balaban J connectivity index is 2.16. The standard InChI is InChI=1S/C12H12N4O3S/c1-16(2)12(19)13-11-15-14-9(20-11)7-3-5-8(6-4-7)10(17)18/h3-6H,1-2H3,(H,17,18)(H,13,15,19). The maximum atomic E-state index is 11.5. The molecule has 8 heteroatoms. The number of urea groups is 1. The number of anilines is 1. The molecule has 0 aliphatic heterocycles. The third-order valence-corrected chi connectivity index (χ3v) is 3.31. The molecule has 0 unspecified atom stereocenters. The summed E-state index contributed by atoms with van der Waals surface area (Å²) in [6, 6.07) is 6.02. The molecule has 2 amide bonds. The number of hydrogen-bond acceptors (Lipinski definition) is 5. The lowest BCUT2D eigenvalue weighted by atomic mass is 10.1. The number of carbonyl (C=O) groups excluding carboxylic acids is 1. The predicted molar refractivity (Wildman–Crippen MR) is 75.0 cm³/mol. The monoisotopic (exact) mass is 292 g/mol. The van der Waals surface area contributed by atoms with Crippen LogP contribution in [0, 0.1) is 0 Å². The number of nitrogens with one attached hydrogen (secondary N) is 1. The number of nitrogens with zero attached hydrogens (tertiary/aromatic N) is 3. The van der Waals surface area contributed by atoms with Gasteiger partial charge in [-0.15, -0.1) is 10.2 Å². The summed E-state index contributed by atoms with van der Waals surface area (Å²) >= 11 is 1.22. The van der Waals surface area contributed by atoms with E-state index < -0.39 is 5.97 Å². The average molecular weight is 292 g/mol. The molecule has 2 rings (SSSR count). The van der Waals surface area contributed by atoms with E-state index in [0.717, 1.165) is 5.56 Å². The number of rotatable bonds is 3. The summed E-state index contributed by atoms with van der Waals surface area (Å²) < 4.78 is 0. The molecule has 0 bridgehead atoms. The molecule has 1 aromatic heterocycles. The molecule has 1 heterocycles. The molecule has 0 saturated carbocycles. The van der Waals surface area contributed by atoms with Crippen LogP contribution in [0.15, 0.2) is 24.3 Å². The quantitative estimate of drug-likeness (QED) is 0.902. The molecule has 1 aromatic carbocycles. The van der Waals surface area contributed by atoms with Gasteiger partial charge >= 0.3 is 12.0 Å². The third-order valence-electron chi connectivity index (χ3n) is 2.42. The van der Waals surface area contributed by atoms with Crippen molar-refractivity contribution in [3.05, 3.63) is 29.8 Å². The molecule has 20 heavy (non-hydrogen) atoms. The van der Waals surface area contributed by atoms with Crippen LogP contribution in [0.2, 0.25) is 0 Å². The van der Waals surface area contributed by atoms with Gasteiger partial charge in [-0.25, -0.2) is 9.59 Å². The molecule has 7 nitrogen and oxygen atoms in total. The van der Waals surface area contributed by atoms with Crippen molar-refractivity contribution in [3.8, 4) is 10.6 Å². The summed E-state index contributed by atoms with van der Waals surface area (Å²) in [7, 11) is 3.25. The van der Waals surface area contributed by atoms with Gasteiger partial charge in [0.25, 0.3) is 0 Å². The van der Waals surface area contributed by atoms with Crippen molar-refractivity contribution in [2.24, 2.45) is 0 Å². The van der Waals surface area contributed by atoms with Crippen molar-refractivity contribution in [1.29, 1.82) is 0 Å². The van der Waals surface area contributed by atoms with Gasteiger partial charge in [-0.2, -0.15) is 0 Å². The molecular formula is C12H12N4O3S. The van der Waals surface area contributed by atoms with Crippen LogP contribution in [0.3, 0.4) is 0 Å². The largest absolute Gasteiger partial charge is 0.478 e. The van der Waals surface area contributed by atoms with Crippen LogP contribution in [-0.2, 0) is 0 Å². The minimum Gasteiger partial charge on any atom is -0.478 e. The molecule has 104 valence electrons. The minimum atomic E-state index is -0.979. The molecular weight excluding hydrogens is 280 g/mol. The van der Waals surface area contributed by atoms with Crippen molar-refractivity contribution in [1.82, 2.24) is 15.1 Å². The second-order valence-electron chi connectivity index (χ2n) is 4.12. The molecule has 2 aromatic rings. The fourth-order valence-electron chi connectivity index (χ4n) is 1.35. The zero-order valence-electron chi connectivity index (χ0n) is 10.8. The van der Waals surface area contributed by atoms with Crippen LogP contribution >= 0.6 is 11.3 Å². The maximum Gasteiger partial charge on any atom is 0.335 e. The Kier molecular flexibility index (Phi) is 3.94. The van der Waals surface area contributed by atoms with E-state index in [2.05, 4.69) is 15.5 Å². The number of carboxylic acid groups (broad SMARTS) is 1. The van der Waals surface area contributed by atoms with Crippen LogP contribution in [-0.4, -0.2) is 46.3 Å². The van der Waals surface area contributed by atoms with Crippen LogP contribution in [0.5, 0.6) is 0 Å². The number of hydrogen-bond donors (Lipinski definition) is 2. The van der Waals surface area contributed by atoms with E-state index in [-0.39, 0.29) is 11.6 Å². The summed E-state index contributed by atoms with van der Waals surface area (Å²) in [6.45, 7) is 0. The van der Waals surface area contributed by atoms with Crippen LogP contribution in [0.1, 0.15) is 10.4 Å². The average Bonchev–Trinajstić information content (AvgIpc) is 2.87. The Bertz CT molecular complexity index is 636. The highest BCUT2D eigenvalue weighted by molar-refractivity contribution is 7.18. The van der Waals surface area contributed by atoms with Crippen LogP contribution in [0.25, 0.3) is 10.6 Å². The number of carbonyl (C=O) groups is 2. The molecule has 0 spiro atoms. The smallest absolute Gasteiger partial charge is 0.335 e. The number of aromatic carboxylic acids is 1. The highest BCUT2D eigenvalue weighted by Gasteiger charge is 2.11. The van der Waals surface area contributed by atoms with E-state index >= 15 is 0 Å². The van der Waals surface area contributed by atoms with Crippen molar-refractivity contribution in [3.63, 3.8) is 0 Å². The second kappa shape index (κ2) is 5.66. The van der Waals surface area contributed by atoms with E-state index in [0.29, 0.717) is 10.1 Å². The van der Waals surface area contributed by atoms with Gasteiger partial charge in [0, 0.05) is 19.7 Å². The van der Waals surface area contributed by atoms with Crippen LogP contribution < -0.4 is 5.32 Å². The van der Waals surface area contributed by atoms with Gasteiger partial charge in [-0.3, -0.25) is 5.32 Å². The highest BCUT2D eigenvalue weighted by Crippen LogP contribution is 2.26. The lowest BCUT2D eigenvalue weighted by Crippen LogP contribution is -2.27. The molecule has 2 N–H and O–H groups in total. The third kappa shape index (κ3) is 3.09. The van der Waals surface area contributed by atoms with Crippen LogP contribution in [0.4, 0.5) is 9.93 Å². The number of aromatic nitrogens is 2. The lowest BCUT2D eigenvalue weighted by molar-refractivity contribution is 0.0697. The van der Waals surface area contributed by atoms with E-state index in [1.165, 1.54) is 28.4 Å². The molecule has 0 radical (unpaired) electrons. The molecule has 0 atom stereocenters. The van der Waals surface area contributed by atoms with E-state index in [1.54, 1.807) is 26.2 Å². The predicted octanol–water partition coefficient (Wildman–Crippen LogP) is 2.00. The zero-order valence-corrected chi connectivity index (χ0v) is 11.6. The van der Waals surface area contributed by atoms with Crippen molar-refractivity contribution >= 4 is 28.5 Å². The van der Waals surface area contributed by atoms with Gasteiger partial charge in [0.2, 0.25) is 5.13 Å². The topological polar surface area (TPSA) is 95.4 Å². The lowest BCUT2D eigenvalue weighted by Gasteiger charge is -2.08. The molecule has 0 aliphatic carbocycles. The van der Waals surface area contributed by atoms with Gasteiger partial charge in [0.15, 0.2) is 0 Å². The summed E-state index contributed by atoms with van der Waals surface area (Å²) in [6.07, 6.45) is 0. The SMILES string of the molecule is CN(C)C(=O)Nc1nnc(-c2ccc(C(=O)O)cc2)s1. The van der Waals surface area contributed by atoms with E-state index in [9.17, 15) is 9.59 Å². The summed E-state index contributed by atoms with van der Waals surface area (Å²) in [5.41, 5.74) is 0.956. The molecule has 0 fully saturated rings. The fraction of sp³-hybridized carbons (Fsp3) is 0.167. The van der Waals surface area contributed by atoms with Crippen molar-refractivity contribution in [2.45, 2.75) is 0 Å². The van der Waals surface area contributed by atoms with E-state index in [4.69, 9.17) is 5.11 Å². The van der Waals surface area contributed by atoms with Gasteiger partial charge in [-0.05, 0) is 12.1 Å². The fourth-order valence-corrected chi connectivity index (χ4v) is 2.09. The van der Waals surface area contributed by atoms with E-state index in [1.807, 2.05) is 0 Å². The van der Waals surface area contributed by atoms with Crippen molar-refractivity contribution in [2.75, 3.05) is 19.4 Å². The van der Waals surface area contributed by atoms with Gasteiger partial charge in [-0.1, -0.05) is 23.5 Å².